The van der Waals surface area contributed by atoms with Crippen molar-refractivity contribution in [1.29, 1.82) is 0 Å². The van der Waals surface area contributed by atoms with Crippen LogP contribution in [0.3, 0.4) is 0 Å². The zero-order chi connectivity index (χ0) is 15.4. The maximum atomic E-state index is 12.2. The van der Waals surface area contributed by atoms with Crippen LogP contribution >= 0.6 is 11.6 Å². The number of para-hydroxylation sites is 1. The molecule has 2 aromatic carbocycles. The van der Waals surface area contributed by atoms with Crippen molar-refractivity contribution < 1.29 is 9.90 Å². The molecule has 0 bridgehead atoms. The summed E-state index contributed by atoms with van der Waals surface area (Å²) in [5.74, 6) is 0.177. The van der Waals surface area contributed by atoms with Gasteiger partial charge < -0.3 is 15.3 Å². The van der Waals surface area contributed by atoms with Crippen LogP contribution in [-0.2, 0) is 0 Å². The van der Waals surface area contributed by atoms with Crippen molar-refractivity contribution >= 4 is 23.3 Å². The number of amides is 2. The number of phenols is 1. The van der Waals surface area contributed by atoms with Gasteiger partial charge in [0.15, 0.2) is 0 Å². The molecule has 0 radical (unpaired) electrons. The van der Waals surface area contributed by atoms with Crippen LogP contribution in [0.1, 0.15) is 18.5 Å². The van der Waals surface area contributed by atoms with E-state index in [4.69, 9.17) is 11.6 Å². The van der Waals surface area contributed by atoms with Crippen LogP contribution < -0.4 is 5.32 Å². The molecule has 1 unspecified atom stereocenters. The molecular weight excluding hydrogens is 288 g/mol. The predicted molar refractivity (Wildman–Crippen MR) is 84.8 cm³/mol. The first-order valence-corrected chi connectivity index (χ1v) is 6.94. The van der Waals surface area contributed by atoms with Gasteiger partial charge in [0.25, 0.3) is 0 Å². The van der Waals surface area contributed by atoms with Gasteiger partial charge in [0.2, 0.25) is 0 Å². The minimum absolute atomic E-state index is 0.177. The zero-order valence-electron chi connectivity index (χ0n) is 11.9. The SMILES string of the molecule is CC(c1ccccc1O)N(C)C(=O)Nc1ccc(Cl)cc1. The Morgan fingerprint density at radius 2 is 1.81 bits per heavy atom. The van der Waals surface area contributed by atoms with Gasteiger partial charge in [-0.05, 0) is 37.3 Å². The molecule has 5 heteroatoms. The molecule has 1 atom stereocenters. The second-order valence-electron chi connectivity index (χ2n) is 4.78. The van der Waals surface area contributed by atoms with Crippen molar-refractivity contribution in [3.63, 3.8) is 0 Å². The van der Waals surface area contributed by atoms with Crippen molar-refractivity contribution in [2.45, 2.75) is 13.0 Å². The van der Waals surface area contributed by atoms with Crippen LogP contribution in [0.25, 0.3) is 0 Å². The van der Waals surface area contributed by atoms with E-state index in [1.807, 2.05) is 13.0 Å². The van der Waals surface area contributed by atoms with Crippen LogP contribution in [0, 0.1) is 0 Å². The number of hydrogen-bond donors (Lipinski definition) is 2. The highest BCUT2D eigenvalue weighted by molar-refractivity contribution is 6.30. The molecule has 0 aliphatic carbocycles. The average Bonchev–Trinajstić information content (AvgIpc) is 2.48. The number of nitrogens with zero attached hydrogens (tertiary/aromatic N) is 1. The topological polar surface area (TPSA) is 52.6 Å². The summed E-state index contributed by atoms with van der Waals surface area (Å²) in [6.07, 6.45) is 0. The summed E-state index contributed by atoms with van der Waals surface area (Å²) >= 11 is 5.81. The first-order chi connectivity index (χ1) is 9.99. The van der Waals surface area contributed by atoms with Crippen molar-refractivity contribution in [3.8, 4) is 5.75 Å². The van der Waals surface area contributed by atoms with Crippen LogP contribution in [0.5, 0.6) is 5.75 Å². The number of phenolic OH excluding ortho intramolecular Hbond substituents is 1. The Balaban J connectivity index is 2.08. The highest BCUT2D eigenvalue weighted by Gasteiger charge is 2.19. The lowest BCUT2D eigenvalue weighted by atomic mass is 10.1. The van der Waals surface area contributed by atoms with Crippen LogP contribution in [-0.4, -0.2) is 23.1 Å². The van der Waals surface area contributed by atoms with Gasteiger partial charge in [-0.3, -0.25) is 0 Å². The summed E-state index contributed by atoms with van der Waals surface area (Å²) in [7, 11) is 1.68. The molecular formula is C16H17ClN2O2. The fourth-order valence-electron chi connectivity index (χ4n) is 1.97. The summed E-state index contributed by atoms with van der Waals surface area (Å²) in [5.41, 5.74) is 1.37. The Labute approximate surface area is 129 Å². The average molecular weight is 305 g/mol. The van der Waals surface area contributed by atoms with Crippen LogP contribution in [0.2, 0.25) is 5.02 Å². The number of nitrogens with one attached hydrogen (secondary N) is 1. The largest absolute Gasteiger partial charge is 0.508 e. The molecule has 2 N–H and O–H groups in total. The number of aromatic hydroxyl groups is 1. The van der Waals surface area contributed by atoms with E-state index in [0.717, 1.165) is 0 Å². The van der Waals surface area contributed by atoms with Crippen molar-refractivity contribution in [1.82, 2.24) is 4.90 Å². The number of benzene rings is 2. The second-order valence-corrected chi connectivity index (χ2v) is 5.22. The van der Waals surface area contributed by atoms with Gasteiger partial charge >= 0.3 is 6.03 Å². The Morgan fingerprint density at radius 3 is 2.43 bits per heavy atom. The molecule has 0 heterocycles. The van der Waals surface area contributed by atoms with Crippen molar-refractivity contribution in [2.24, 2.45) is 0 Å². The third-order valence-corrected chi connectivity index (χ3v) is 3.64. The summed E-state index contributed by atoms with van der Waals surface area (Å²) in [5, 5.41) is 13.3. The summed E-state index contributed by atoms with van der Waals surface area (Å²) < 4.78 is 0. The van der Waals surface area contributed by atoms with E-state index in [9.17, 15) is 9.90 Å². The molecule has 4 nitrogen and oxygen atoms in total. The van der Waals surface area contributed by atoms with Gasteiger partial charge in [-0.15, -0.1) is 0 Å². The van der Waals surface area contributed by atoms with Gasteiger partial charge in [0.1, 0.15) is 5.75 Å². The van der Waals surface area contributed by atoms with Gasteiger partial charge in [-0.2, -0.15) is 0 Å². The van der Waals surface area contributed by atoms with Gasteiger partial charge in [-0.25, -0.2) is 4.79 Å². The molecule has 110 valence electrons. The maximum absolute atomic E-state index is 12.2. The third-order valence-electron chi connectivity index (χ3n) is 3.38. The molecule has 0 aliphatic rings. The van der Waals surface area contributed by atoms with Gasteiger partial charge in [0.05, 0.1) is 6.04 Å². The lowest BCUT2D eigenvalue weighted by molar-refractivity contribution is 0.207. The maximum Gasteiger partial charge on any atom is 0.322 e. The van der Waals surface area contributed by atoms with E-state index >= 15 is 0 Å². The summed E-state index contributed by atoms with van der Waals surface area (Å²) in [6, 6.07) is 13.4. The number of anilines is 1. The highest BCUT2D eigenvalue weighted by Crippen LogP contribution is 2.27. The minimum atomic E-state index is -0.256. The summed E-state index contributed by atoms with van der Waals surface area (Å²) in [6.45, 7) is 1.86. The van der Waals surface area contributed by atoms with E-state index in [1.165, 1.54) is 4.90 Å². The molecule has 2 amide bonds. The Kier molecular flexibility index (Phi) is 4.70. The van der Waals surface area contributed by atoms with Crippen LogP contribution in [0.4, 0.5) is 10.5 Å². The summed E-state index contributed by atoms with van der Waals surface area (Å²) in [4.78, 5) is 13.8. The molecule has 0 saturated heterocycles. The standard InChI is InChI=1S/C16H17ClN2O2/c1-11(14-5-3-4-6-15(14)20)19(2)16(21)18-13-9-7-12(17)8-10-13/h3-11,20H,1-2H3,(H,18,21). The minimum Gasteiger partial charge on any atom is -0.508 e. The second kappa shape index (κ2) is 6.50. The number of rotatable bonds is 3. The highest BCUT2D eigenvalue weighted by atomic mass is 35.5. The lowest BCUT2D eigenvalue weighted by Gasteiger charge is -2.26. The van der Waals surface area contributed by atoms with Crippen LogP contribution in [0.15, 0.2) is 48.5 Å². The molecule has 2 aromatic rings. The fraction of sp³-hybridized carbons (Fsp3) is 0.188. The smallest absolute Gasteiger partial charge is 0.322 e. The van der Waals surface area contributed by atoms with Crippen molar-refractivity contribution in [2.75, 3.05) is 12.4 Å². The van der Waals surface area contributed by atoms with E-state index in [2.05, 4.69) is 5.32 Å². The first kappa shape index (κ1) is 15.2. The fourth-order valence-corrected chi connectivity index (χ4v) is 2.10. The molecule has 21 heavy (non-hydrogen) atoms. The number of halogens is 1. The quantitative estimate of drug-likeness (QED) is 0.889. The van der Waals surface area contributed by atoms with E-state index < -0.39 is 0 Å². The first-order valence-electron chi connectivity index (χ1n) is 6.56. The number of hydrogen-bond acceptors (Lipinski definition) is 2. The van der Waals surface area contributed by atoms with Gasteiger partial charge in [0, 0.05) is 23.3 Å². The number of carbonyl (C=O) groups is 1. The lowest BCUT2D eigenvalue weighted by Crippen LogP contribution is -2.33. The number of carbonyl (C=O) groups excluding carboxylic acids is 1. The predicted octanol–water partition coefficient (Wildman–Crippen LogP) is 4.27. The molecule has 0 saturated carbocycles. The normalized spacial score (nSPS) is 11.8. The molecule has 0 fully saturated rings. The van der Waals surface area contributed by atoms with E-state index in [-0.39, 0.29) is 17.8 Å². The molecule has 2 rings (SSSR count). The zero-order valence-corrected chi connectivity index (χ0v) is 12.6. The van der Waals surface area contributed by atoms with E-state index in [1.54, 1.807) is 49.5 Å². The molecule has 0 aliphatic heterocycles. The molecule has 0 spiro atoms. The molecule has 0 aromatic heterocycles. The Hall–Kier alpha value is -2.20. The van der Waals surface area contributed by atoms with Crippen molar-refractivity contribution in [3.05, 3.63) is 59.1 Å². The third kappa shape index (κ3) is 3.67. The van der Waals surface area contributed by atoms with Gasteiger partial charge in [-0.1, -0.05) is 29.8 Å². The Bertz CT molecular complexity index is 628. The van der Waals surface area contributed by atoms with E-state index in [0.29, 0.717) is 16.3 Å². The Morgan fingerprint density at radius 1 is 1.19 bits per heavy atom. The monoisotopic (exact) mass is 304 g/mol. The number of urea groups is 1.